The zero-order valence-corrected chi connectivity index (χ0v) is 17.9. The number of aromatic nitrogens is 1. The van der Waals surface area contributed by atoms with Gasteiger partial charge in [-0.15, -0.1) is 0 Å². The summed E-state index contributed by atoms with van der Waals surface area (Å²) in [5.41, 5.74) is 4.34. The quantitative estimate of drug-likeness (QED) is 0.441. The van der Waals surface area contributed by atoms with Crippen LogP contribution >= 0.6 is 0 Å². The largest absolute Gasteiger partial charge is 0.494 e. The summed E-state index contributed by atoms with van der Waals surface area (Å²) < 4.78 is 34.0. The summed E-state index contributed by atoms with van der Waals surface area (Å²) in [4.78, 5) is 20.6. The van der Waals surface area contributed by atoms with E-state index in [-0.39, 0.29) is 17.3 Å². The SMILES string of the molecule is CCOc1ccc2[nH]c3c(c2c1)CCN1C(=O)c2cc(F)ccc2N(c2cccc(F)c2)C31. The van der Waals surface area contributed by atoms with Crippen LogP contribution in [0.25, 0.3) is 10.9 Å². The van der Waals surface area contributed by atoms with E-state index in [4.69, 9.17) is 4.74 Å². The van der Waals surface area contributed by atoms with Crippen molar-refractivity contribution in [1.82, 2.24) is 9.88 Å². The molecule has 1 atom stereocenters. The van der Waals surface area contributed by atoms with E-state index in [0.29, 0.717) is 30.9 Å². The van der Waals surface area contributed by atoms with Crippen LogP contribution in [0.15, 0.2) is 60.7 Å². The maximum Gasteiger partial charge on any atom is 0.258 e. The van der Waals surface area contributed by atoms with Gasteiger partial charge in [-0.2, -0.15) is 0 Å². The number of ether oxygens (including phenoxy) is 1. The van der Waals surface area contributed by atoms with E-state index in [1.165, 1.54) is 24.3 Å². The van der Waals surface area contributed by atoms with Gasteiger partial charge in [-0.3, -0.25) is 4.79 Å². The second kappa shape index (κ2) is 7.33. The fourth-order valence-corrected chi connectivity index (χ4v) is 5.07. The third-order valence-corrected chi connectivity index (χ3v) is 6.42. The highest BCUT2D eigenvalue weighted by Crippen LogP contribution is 2.47. The number of amides is 1. The molecule has 3 aromatic carbocycles. The van der Waals surface area contributed by atoms with Crippen molar-refractivity contribution in [3.8, 4) is 5.75 Å². The number of benzene rings is 3. The van der Waals surface area contributed by atoms with Crippen LogP contribution in [0.5, 0.6) is 5.75 Å². The Morgan fingerprint density at radius 3 is 2.73 bits per heavy atom. The number of H-pyrrole nitrogens is 1. The van der Waals surface area contributed by atoms with Crippen molar-refractivity contribution in [1.29, 1.82) is 0 Å². The lowest BCUT2D eigenvalue weighted by atomic mass is 9.95. The number of carbonyl (C=O) groups is 1. The molecule has 0 saturated heterocycles. The highest BCUT2D eigenvalue weighted by molar-refractivity contribution is 6.04. The van der Waals surface area contributed by atoms with Crippen LogP contribution in [-0.4, -0.2) is 28.9 Å². The molecule has 1 unspecified atom stereocenters. The fraction of sp³-hybridized carbons (Fsp3) is 0.192. The number of carbonyl (C=O) groups excluding carboxylic acids is 1. The molecule has 166 valence electrons. The van der Waals surface area contributed by atoms with Gasteiger partial charge < -0.3 is 19.5 Å². The van der Waals surface area contributed by atoms with Crippen molar-refractivity contribution in [3.63, 3.8) is 0 Å². The summed E-state index contributed by atoms with van der Waals surface area (Å²) in [6.45, 7) is 2.98. The smallest absolute Gasteiger partial charge is 0.258 e. The molecule has 1 aromatic heterocycles. The Labute approximate surface area is 189 Å². The topological polar surface area (TPSA) is 48.6 Å². The van der Waals surface area contributed by atoms with Gasteiger partial charge >= 0.3 is 0 Å². The average Bonchev–Trinajstić information content (AvgIpc) is 3.18. The van der Waals surface area contributed by atoms with E-state index in [1.807, 2.05) is 30.0 Å². The van der Waals surface area contributed by atoms with E-state index >= 15 is 0 Å². The lowest BCUT2D eigenvalue weighted by molar-refractivity contribution is 0.0641. The number of hydrogen-bond donors (Lipinski definition) is 1. The van der Waals surface area contributed by atoms with E-state index in [1.54, 1.807) is 23.1 Å². The van der Waals surface area contributed by atoms with E-state index < -0.39 is 12.0 Å². The van der Waals surface area contributed by atoms with Gasteiger partial charge in [0.25, 0.3) is 5.91 Å². The summed E-state index contributed by atoms with van der Waals surface area (Å²) in [5.74, 6) is -0.307. The van der Waals surface area contributed by atoms with Crippen LogP contribution in [0.2, 0.25) is 0 Å². The Morgan fingerprint density at radius 1 is 1.06 bits per heavy atom. The zero-order valence-electron chi connectivity index (χ0n) is 17.9. The van der Waals surface area contributed by atoms with Gasteiger partial charge in [-0.25, -0.2) is 8.78 Å². The van der Waals surface area contributed by atoms with Crippen LogP contribution in [0.1, 0.15) is 34.7 Å². The van der Waals surface area contributed by atoms with Gasteiger partial charge in [0.15, 0.2) is 6.17 Å². The normalized spacial score (nSPS) is 17.1. The molecule has 0 spiro atoms. The molecule has 6 rings (SSSR count). The lowest BCUT2D eigenvalue weighted by Gasteiger charge is -2.47. The van der Waals surface area contributed by atoms with Crippen LogP contribution in [0.4, 0.5) is 20.2 Å². The van der Waals surface area contributed by atoms with Crippen molar-refractivity contribution in [2.24, 2.45) is 0 Å². The third kappa shape index (κ3) is 2.99. The minimum absolute atomic E-state index is 0.235. The highest BCUT2D eigenvalue weighted by atomic mass is 19.1. The van der Waals surface area contributed by atoms with Gasteiger partial charge in [0.2, 0.25) is 0 Å². The molecule has 33 heavy (non-hydrogen) atoms. The molecule has 0 aliphatic carbocycles. The number of hydrogen-bond acceptors (Lipinski definition) is 3. The summed E-state index contributed by atoms with van der Waals surface area (Å²) in [7, 11) is 0. The number of nitrogens with one attached hydrogen (secondary N) is 1. The van der Waals surface area contributed by atoms with E-state index in [0.717, 1.165) is 27.9 Å². The van der Waals surface area contributed by atoms with E-state index in [9.17, 15) is 13.6 Å². The molecule has 4 aromatic rings. The summed E-state index contributed by atoms with van der Waals surface area (Å²) in [6.07, 6.45) is 0.137. The van der Waals surface area contributed by atoms with Crippen molar-refractivity contribution >= 4 is 28.2 Å². The molecule has 1 N–H and O–H groups in total. The van der Waals surface area contributed by atoms with Gasteiger partial charge in [-0.1, -0.05) is 6.07 Å². The standard InChI is InChI=1S/C26H21F2N3O2/c1-2-33-18-7-8-22-20(14-18)19-10-11-30-25(24(19)29-22)31(17-5-3-4-15(27)12-17)23-9-6-16(28)13-21(23)26(30)32/h3-9,12-14,25,29H,2,10-11H2,1H3. The molecule has 1 amide bonds. The first-order chi connectivity index (χ1) is 16.0. The van der Waals surface area contributed by atoms with Gasteiger partial charge in [0, 0.05) is 23.1 Å². The summed E-state index contributed by atoms with van der Waals surface area (Å²) in [5, 5.41) is 1.05. The molecule has 0 fully saturated rings. The predicted molar refractivity (Wildman–Crippen MR) is 122 cm³/mol. The average molecular weight is 445 g/mol. The Kier molecular flexibility index (Phi) is 4.40. The lowest BCUT2D eigenvalue weighted by Crippen LogP contribution is -2.50. The molecule has 2 aliphatic rings. The van der Waals surface area contributed by atoms with Crippen LogP contribution in [0, 0.1) is 11.6 Å². The summed E-state index contributed by atoms with van der Waals surface area (Å²) in [6, 6.07) is 16.3. The van der Waals surface area contributed by atoms with E-state index in [2.05, 4.69) is 4.98 Å². The molecule has 2 aliphatic heterocycles. The van der Waals surface area contributed by atoms with Crippen molar-refractivity contribution in [2.45, 2.75) is 19.5 Å². The second-order valence-electron chi connectivity index (χ2n) is 8.29. The van der Waals surface area contributed by atoms with Crippen molar-refractivity contribution < 1.29 is 18.3 Å². The van der Waals surface area contributed by atoms with Crippen LogP contribution in [0.3, 0.4) is 0 Å². The molecule has 0 radical (unpaired) electrons. The van der Waals surface area contributed by atoms with Gasteiger partial charge in [-0.05, 0) is 73.5 Å². The maximum absolute atomic E-state index is 14.3. The van der Waals surface area contributed by atoms with Gasteiger partial charge in [0.1, 0.15) is 17.4 Å². The third-order valence-electron chi connectivity index (χ3n) is 6.42. The number of halogens is 2. The van der Waals surface area contributed by atoms with Crippen molar-refractivity contribution in [2.75, 3.05) is 18.1 Å². The molecule has 3 heterocycles. The molecule has 7 heteroatoms. The Bertz CT molecular complexity index is 1410. The molecule has 0 saturated carbocycles. The van der Waals surface area contributed by atoms with Crippen molar-refractivity contribution in [3.05, 3.63) is 89.1 Å². The number of nitrogens with zero attached hydrogens (tertiary/aromatic N) is 2. The number of anilines is 2. The number of rotatable bonds is 3. The number of aromatic amines is 1. The van der Waals surface area contributed by atoms with Crippen LogP contribution < -0.4 is 9.64 Å². The monoisotopic (exact) mass is 445 g/mol. The molecule has 0 bridgehead atoms. The molecule has 5 nitrogen and oxygen atoms in total. The Balaban J connectivity index is 1.59. The fourth-order valence-electron chi connectivity index (χ4n) is 5.07. The zero-order chi connectivity index (χ0) is 22.7. The molecular formula is C26H21F2N3O2. The maximum atomic E-state index is 14.3. The first-order valence-corrected chi connectivity index (χ1v) is 11.0. The minimum Gasteiger partial charge on any atom is -0.494 e. The first kappa shape index (κ1) is 19.8. The number of fused-ring (bicyclic) bond motifs is 6. The highest BCUT2D eigenvalue weighted by Gasteiger charge is 2.43. The predicted octanol–water partition coefficient (Wildman–Crippen LogP) is 5.69. The van der Waals surface area contributed by atoms with Gasteiger partial charge in [0.05, 0.1) is 23.6 Å². The summed E-state index contributed by atoms with van der Waals surface area (Å²) >= 11 is 0. The Morgan fingerprint density at radius 2 is 1.91 bits per heavy atom. The molecular weight excluding hydrogens is 424 g/mol. The second-order valence-corrected chi connectivity index (χ2v) is 8.29. The first-order valence-electron chi connectivity index (χ1n) is 11.0. The minimum atomic E-state index is -0.510. The van der Waals surface area contributed by atoms with Crippen LogP contribution in [-0.2, 0) is 6.42 Å². The Hall–Kier alpha value is -3.87.